The molecule has 184 valence electrons. The molecule has 2 saturated heterocycles. The number of carbonyl (C=O) groups is 1. The third-order valence-corrected chi connectivity index (χ3v) is 8.18. The summed E-state index contributed by atoms with van der Waals surface area (Å²) in [6.07, 6.45) is 1.84. The number of anilines is 2. The minimum Gasteiger partial charge on any atom is -0.397 e. The number of hydrogen-bond donors (Lipinski definition) is 3. The van der Waals surface area contributed by atoms with Gasteiger partial charge in [-0.2, -0.15) is 0 Å². The van der Waals surface area contributed by atoms with E-state index in [1.54, 1.807) is 4.90 Å². The van der Waals surface area contributed by atoms with E-state index in [2.05, 4.69) is 15.3 Å². The van der Waals surface area contributed by atoms with E-state index in [-0.39, 0.29) is 23.8 Å². The van der Waals surface area contributed by atoms with Crippen molar-refractivity contribution in [2.24, 2.45) is 5.73 Å². The number of ether oxygens (including phenoxy) is 2. The molecule has 0 saturated carbocycles. The smallest absolute Gasteiger partial charge is 0.263 e. The molecule has 1 spiro atoms. The number of nitrogens with one attached hydrogen (secondary N) is 1. The topological polar surface area (TPSA) is 129 Å². The highest BCUT2D eigenvalue weighted by atomic mass is 32.1. The van der Waals surface area contributed by atoms with Crippen LogP contribution in [-0.4, -0.2) is 60.0 Å². The van der Waals surface area contributed by atoms with E-state index >= 15 is 4.39 Å². The van der Waals surface area contributed by atoms with Gasteiger partial charge in [0.25, 0.3) is 5.91 Å². The molecule has 0 aromatic carbocycles. The number of aryl methyl sites for hydroxylation is 2. The Bertz CT molecular complexity index is 1320. The Balaban J connectivity index is 1.18. The molecule has 2 fully saturated rings. The largest absolute Gasteiger partial charge is 0.397 e. The number of nitrogens with zero attached hydrogens (tertiary/aromatic N) is 3. The molecule has 35 heavy (non-hydrogen) atoms. The quantitative estimate of drug-likeness (QED) is 0.500. The van der Waals surface area contributed by atoms with E-state index < -0.39 is 11.6 Å². The monoisotopic (exact) mass is 498 g/mol. The Kier molecular flexibility index (Phi) is 5.40. The van der Waals surface area contributed by atoms with Crippen LogP contribution in [0.5, 0.6) is 0 Å². The van der Waals surface area contributed by atoms with Gasteiger partial charge in [0.15, 0.2) is 11.6 Å². The number of nitrogen functional groups attached to an aromatic ring is 1. The van der Waals surface area contributed by atoms with E-state index in [4.69, 9.17) is 20.9 Å². The summed E-state index contributed by atoms with van der Waals surface area (Å²) in [6.45, 7) is 3.63. The minimum absolute atomic E-state index is 0.134. The third kappa shape index (κ3) is 3.83. The normalized spacial score (nSPS) is 23.2. The van der Waals surface area contributed by atoms with Crippen LogP contribution in [0, 0.1) is 12.7 Å². The maximum Gasteiger partial charge on any atom is 0.263 e. The van der Waals surface area contributed by atoms with Crippen molar-refractivity contribution < 1.29 is 18.7 Å². The number of pyridine rings is 2. The Labute approximate surface area is 205 Å². The van der Waals surface area contributed by atoms with Gasteiger partial charge in [-0.1, -0.05) is 0 Å². The maximum absolute atomic E-state index is 15.2. The van der Waals surface area contributed by atoms with Crippen molar-refractivity contribution in [1.29, 1.82) is 0 Å². The van der Waals surface area contributed by atoms with Crippen LogP contribution in [0.1, 0.15) is 33.0 Å². The van der Waals surface area contributed by atoms with Gasteiger partial charge >= 0.3 is 0 Å². The van der Waals surface area contributed by atoms with Crippen LogP contribution in [0.4, 0.5) is 15.9 Å². The molecule has 5 heterocycles. The average Bonchev–Trinajstić information content (AvgIpc) is 3.52. The van der Waals surface area contributed by atoms with E-state index in [1.807, 2.05) is 19.1 Å². The van der Waals surface area contributed by atoms with Gasteiger partial charge in [-0.25, -0.2) is 14.4 Å². The first-order valence-electron chi connectivity index (χ1n) is 11.8. The molecule has 0 radical (unpaired) electrons. The third-order valence-electron chi connectivity index (χ3n) is 7.07. The maximum atomic E-state index is 15.2. The lowest BCUT2D eigenvalue weighted by molar-refractivity contribution is -0.147. The first-order chi connectivity index (χ1) is 16.8. The molecule has 1 amide bonds. The van der Waals surface area contributed by atoms with Gasteiger partial charge in [0, 0.05) is 29.4 Å². The molecular formula is C24H27FN6O3S. The van der Waals surface area contributed by atoms with Gasteiger partial charge in [-0.05, 0) is 49.9 Å². The van der Waals surface area contributed by atoms with E-state index in [1.165, 1.54) is 17.4 Å². The van der Waals surface area contributed by atoms with Crippen LogP contribution in [0.15, 0.2) is 18.2 Å². The number of rotatable bonds is 3. The average molecular weight is 499 g/mol. The number of halogens is 1. The Morgan fingerprint density at radius 3 is 2.91 bits per heavy atom. The van der Waals surface area contributed by atoms with Crippen molar-refractivity contribution in [1.82, 2.24) is 15.3 Å². The molecule has 0 bridgehead atoms. The lowest BCUT2D eigenvalue weighted by Crippen LogP contribution is -2.47. The molecule has 1 aliphatic carbocycles. The number of amides is 1. The van der Waals surface area contributed by atoms with Crippen molar-refractivity contribution in [2.45, 2.75) is 44.1 Å². The number of nitrogens with two attached hydrogens (primary N) is 2. The fourth-order valence-electron chi connectivity index (χ4n) is 5.24. The van der Waals surface area contributed by atoms with Crippen molar-refractivity contribution in [3.63, 3.8) is 0 Å². The molecule has 6 rings (SSSR count). The van der Waals surface area contributed by atoms with Crippen molar-refractivity contribution in [3.05, 3.63) is 45.8 Å². The van der Waals surface area contributed by atoms with Crippen LogP contribution in [-0.2, 0) is 22.3 Å². The fourth-order valence-corrected chi connectivity index (χ4v) is 6.28. The summed E-state index contributed by atoms with van der Waals surface area (Å²) in [4.78, 5) is 25.1. The van der Waals surface area contributed by atoms with Gasteiger partial charge in [-0.3, -0.25) is 4.79 Å². The van der Waals surface area contributed by atoms with Crippen LogP contribution in [0.25, 0.3) is 10.2 Å². The highest BCUT2D eigenvalue weighted by molar-refractivity contribution is 7.21. The predicted octanol–water partition coefficient (Wildman–Crippen LogP) is 1.90. The summed E-state index contributed by atoms with van der Waals surface area (Å²) in [5.74, 6) is -1.25. The molecule has 5 N–H and O–H groups in total. The van der Waals surface area contributed by atoms with Crippen molar-refractivity contribution >= 4 is 39.0 Å². The van der Waals surface area contributed by atoms with Gasteiger partial charge in [0.1, 0.15) is 9.71 Å². The molecule has 9 nitrogen and oxygen atoms in total. The number of aromatic nitrogens is 2. The molecule has 2 atom stereocenters. The predicted molar refractivity (Wildman–Crippen MR) is 131 cm³/mol. The van der Waals surface area contributed by atoms with Gasteiger partial charge in [0.2, 0.25) is 5.79 Å². The Morgan fingerprint density at radius 1 is 1.31 bits per heavy atom. The van der Waals surface area contributed by atoms with Crippen molar-refractivity contribution in [3.8, 4) is 0 Å². The summed E-state index contributed by atoms with van der Waals surface area (Å²) >= 11 is 1.29. The van der Waals surface area contributed by atoms with E-state index in [9.17, 15) is 4.79 Å². The lowest BCUT2D eigenvalue weighted by Gasteiger charge is -2.27. The highest BCUT2D eigenvalue weighted by Crippen LogP contribution is 2.35. The number of thiophene rings is 1. The summed E-state index contributed by atoms with van der Waals surface area (Å²) < 4.78 is 26.6. The van der Waals surface area contributed by atoms with Crippen LogP contribution < -0.4 is 21.7 Å². The van der Waals surface area contributed by atoms with Gasteiger partial charge in [-0.15, -0.1) is 11.3 Å². The highest BCUT2D eigenvalue weighted by Gasteiger charge is 2.50. The standard InChI is InChI=1S/C24H27FN6O3S/c1-12-2-4-15-19(27)20(35-23(15)28-12)22(32)29-14-3-5-17-13(8-14)9-16(25)21(30-17)31-10-18(26)24(11-31)33-6-7-34-24/h2,4,9,14,18H,3,5-8,10-11,26-27H2,1H3,(H,29,32). The van der Waals surface area contributed by atoms with Crippen LogP contribution in [0.2, 0.25) is 0 Å². The lowest BCUT2D eigenvalue weighted by atomic mass is 9.91. The van der Waals surface area contributed by atoms with Crippen LogP contribution in [0.3, 0.4) is 0 Å². The summed E-state index contributed by atoms with van der Waals surface area (Å²) in [6, 6.07) is 4.80. The Hall–Kier alpha value is -2.86. The molecule has 2 aliphatic heterocycles. The molecule has 11 heteroatoms. The second kappa shape index (κ2) is 8.37. The van der Waals surface area contributed by atoms with E-state index in [0.29, 0.717) is 56.1 Å². The first-order valence-corrected chi connectivity index (χ1v) is 12.6. The zero-order valence-corrected chi connectivity index (χ0v) is 20.2. The Morgan fingerprint density at radius 2 is 2.11 bits per heavy atom. The van der Waals surface area contributed by atoms with Gasteiger partial charge < -0.3 is 31.2 Å². The summed E-state index contributed by atoms with van der Waals surface area (Å²) in [5, 5.41) is 3.86. The molecule has 3 aromatic heterocycles. The summed E-state index contributed by atoms with van der Waals surface area (Å²) in [5.41, 5.74) is 15.5. The minimum atomic E-state index is -0.887. The molecule has 3 aromatic rings. The summed E-state index contributed by atoms with van der Waals surface area (Å²) in [7, 11) is 0. The second-order valence-corrected chi connectivity index (χ2v) is 10.5. The zero-order valence-electron chi connectivity index (χ0n) is 19.3. The number of hydrogen-bond acceptors (Lipinski definition) is 9. The molecule has 2 unspecified atom stereocenters. The fraction of sp³-hybridized carbons (Fsp3) is 0.458. The first kappa shape index (κ1) is 22.6. The zero-order chi connectivity index (χ0) is 24.3. The number of fused-ring (bicyclic) bond motifs is 2. The van der Waals surface area contributed by atoms with Crippen LogP contribution >= 0.6 is 11.3 Å². The van der Waals surface area contributed by atoms with Gasteiger partial charge in [0.05, 0.1) is 31.5 Å². The number of carbonyl (C=O) groups excluding carboxylic acids is 1. The molecule has 3 aliphatic rings. The SMILES string of the molecule is Cc1ccc2c(N)c(C(=O)NC3CCc4nc(N5CC(N)C6(C5)OCCO6)c(F)cc4C3)sc2n1. The second-order valence-electron chi connectivity index (χ2n) is 9.46. The van der Waals surface area contributed by atoms with E-state index in [0.717, 1.165) is 27.2 Å². The molecular weight excluding hydrogens is 471 g/mol. The van der Waals surface area contributed by atoms with Crippen molar-refractivity contribution in [2.75, 3.05) is 36.9 Å².